The molecule has 8 heteroatoms. The molecule has 0 bridgehead atoms. The molecule has 6 nitrogen and oxygen atoms in total. The van der Waals surface area contributed by atoms with Crippen molar-refractivity contribution in [2.75, 3.05) is 32.9 Å². The summed E-state index contributed by atoms with van der Waals surface area (Å²) in [6.07, 6.45) is 0.314. The number of halogens is 1. The predicted molar refractivity (Wildman–Crippen MR) is 95.9 cm³/mol. The summed E-state index contributed by atoms with van der Waals surface area (Å²) in [4.78, 5) is 0.159. The van der Waals surface area contributed by atoms with Gasteiger partial charge in [0.2, 0.25) is 10.0 Å². The average Bonchev–Trinajstić information content (AvgIpc) is 2.93. The van der Waals surface area contributed by atoms with E-state index in [0.717, 1.165) is 12.0 Å². The van der Waals surface area contributed by atoms with Crippen molar-refractivity contribution in [3.63, 3.8) is 0 Å². The number of benzene rings is 2. The van der Waals surface area contributed by atoms with Crippen molar-refractivity contribution in [3.05, 3.63) is 53.8 Å². The van der Waals surface area contributed by atoms with Gasteiger partial charge in [0.25, 0.3) is 0 Å². The quantitative estimate of drug-likeness (QED) is 0.802. The monoisotopic (exact) mass is 393 g/mol. The summed E-state index contributed by atoms with van der Waals surface area (Å²) in [7, 11) is -3.71. The van der Waals surface area contributed by atoms with E-state index in [9.17, 15) is 12.8 Å². The highest BCUT2D eigenvalue weighted by molar-refractivity contribution is 7.89. The normalized spacial score (nSPS) is 20.9. The van der Waals surface area contributed by atoms with Gasteiger partial charge in [-0.15, -0.1) is 0 Å². The molecule has 0 spiro atoms. The van der Waals surface area contributed by atoms with Crippen molar-refractivity contribution in [2.24, 2.45) is 0 Å². The lowest BCUT2D eigenvalue weighted by Crippen LogP contribution is -2.42. The summed E-state index contributed by atoms with van der Waals surface area (Å²) in [5.74, 6) is 0.653. The largest absolute Gasteiger partial charge is 0.490 e. The van der Waals surface area contributed by atoms with E-state index in [0.29, 0.717) is 24.7 Å². The van der Waals surface area contributed by atoms with Crippen molar-refractivity contribution in [3.8, 4) is 11.5 Å². The number of morpholine rings is 1. The van der Waals surface area contributed by atoms with E-state index >= 15 is 0 Å². The Balaban J connectivity index is 1.58. The molecule has 2 heterocycles. The van der Waals surface area contributed by atoms with Crippen molar-refractivity contribution in [1.82, 2.24) is 4.31 Å². The third-order valence-corrected chi connectivity index (χ3v) is 6.49. The first kappa shape index (κ1) is 18.2. The van der Waals surface area contributed by atoms with Crippen LogP contribution >= 0.6 is 0 Å². The summed E-state index contributed by atoms with van der Waals surface area (Å²) in [6.45, 7) is 1.73. The van der Waals surface area contributed by atoms with E-state index < -0.39 is 16.1 Å². The Morgan fingerprint density at radius 2 is 1.70 bits per heavy atom. The van der Waals surface area contributed by atoms with Gasteiger partial charge in [0.1, 0.15) is 5.82 Å². The van der Waals surface area contributed by atoms with Gasteiger partial charge in [0.15, 0.2) is 11.5 Å². The molecular formula is C19H20FNO5S. The van der Waals surface area contributed by atoms with Gasteiger partial charge < -0.3 is 14.2 Å². The molecule has 2 aromatic rings. The smallest absolute Gasteiger partial charge is 0.243 e. The van der Waals surface area contributed by atoms with Crippen LogP contribution in [0.25, 0.3) is 0 Å². The number of hydrogen-bond donors (Lipinski definition) is 0. The van der Waals surface area contributed by atoms with E-state index in [2.05, 4.69) is 0 Å². The maximum absolute atomic E-state index is 13.1. The molecule has 2 aliphatic rings. The standard InChI is InChI=1S/C19H20FNO5S/c20-15-4-2-14(3-5-15)19-13-21(8-11-26-19)27(22,23)16-6-7-17-18(12-16)25-10-1-9-24-17/h2-7,12,19H,1,8-11,13H2/t19-/m1/s1. The Morgan fingerprint density at radius 3 is 2.48 bits per heavy atom. The first-order valence-corrected chi connectivity index (χ1v) is 10.2. The second-order valence-corrected chi connectivity index (χ2v) is 8.37. The molecule has 0 amide bonds. The molecule has 2 aromatic carbocycles. The van der Waals surface area contributed by atoms with Crippen LogP contribution in [0.5, 0.6) is 11.5 Å². The van der Waals surface area contributed by atoms with Crippen LogP contribution in [0.4, 0.5) is 4.39 Å². The molecule has 0 radical (unpaired) electrons. The lowest BCUT2D eigenvalue weighted by Gasteiger charge is -2.32. The molecule has 0 unspecified atom stereocenters. The van der Waals surface area contributed by atoms with Gasteiger partial charge in [-0.1, -0.05) is 12.1 Å². The van der Waals surface area contributed by atoms with Gasteiger partial charge >= 0.3 is 0 Å². The van der Waals surface area contributed by atoms with Crippen LogP contribution in [-0.4, -0.2) is 45.6 Å². The number of ether oxygens (including phenoxy) is 3. The zero-order chi connectivity index (χ0) is 18.9. The molecule has 4 rings (SSSR count). The fraction of sp³-hybridized carbons (Fsp3) is 0.368. The van der Waals surface area contributed by atoms with Crippen molar-refractivity contribution in [2.45, 2.75) is 17.4 Å². The minimum absolute atomic E-state index is 0.159. The zero-order valence-corrected chi connectivity index (χ0v) is 15.5. The lowest BCUT2D eigenvalue weighted by atomic mass is 10.1. The summed E-state index contributed by atoms with van der Waals surface area (Å²) in [6, 6.07) is 10.6. The molecule has 0 N–H and O–H groups in total. The molecular weight excluding hydrogens is 373 g/mol. The van der Waals surface area contributed by atoms with Gasteiger partial charge in [-0.3, -0.25) is 0 Å². The number of hydrogen-bond acceptors (Lipinski definition) is 5. The van der Waals surface area contributed by atoms with Crippen LogP contribution in [0.1, 0.15) is 18.1 Å². The lowest BCUT2D eigenvalue weighted by molar-refractivity contribution is -0.00259. The second-order valence-electron chi connectivity index (χ2n) is 6.43. The Labute approximate surface area is 157 Å². The average molecular weight is 393 g/mol. The first-order valence-electron chi connectivity index (χ1n) is 8.81. The fourth-order valence-electron chi connectivity index (χ4n) is 3.18. The highest BCUT2D eigenvalue weighted by atomic mass is 32.2. The van der Waals surface area contributed by atoms with E-state index in [1.165, 1.54) is 28.6 Å². The minimum atomic E-state index is -3.71. The molecule has 0 aliphatic carbocycles. The molecule has 1 fully saturated rings. The molecule has 1 atom stereocenters. The van der Waals surface area contributed by atoms with E-state index in [-0.39, 0.29) is 30.4 Å². The van der Waals surface area contributed by atoms with Crippen LogP contribution in [0, 0.1) is 5.82 Å². The van der Waals surface area contributed by atoms with Crippen LogP contribution in [0.3, 0.4) is 0 Å². The van der Waals surface area contributed by atoms with Crippen LogP contribution in [-0.2, 0) is 14.8 Å². The van der Waals surface area contributed by atoms with E-state index in [1.54, 1.807) is 18.2 Å². The summed E-state index contributed by atoms with van der Waals surface area (Å²) in [5, 5.41) is 0. The van der Waals surface area contributed by atoms with Crippen molar-refractivity contribution in [1.29, 1.82) is 0 Å². The van der Waals surface area contributed by atoms with Crippen molar-refractivity contribution < 1.29 is 27.0 Å². The van der Waals surface area contributed by atoms with Crippen molar-refractivity contribution >= 4 is 10.0 Å². The summed E-state index contributed by atoms with van der Waals surface area (Å²) >= 11 is 0. The first-order chi connectivity index (χ1) is 13.0. The molecule has 1 saturated heterocycles. The third-order valence-electron chi connectivity index (χ3n) is 4.63. The highest BCUT2D eigenvalue weighted by Crippen LogP contribution is 2.34. The van der Waals surface area contributed by atoms with Crippen LogP contribution in [0.15, 0.2) is 47.4 Å². The molecule has 144 valence electrons. The fourth-order valence-corrected chi connectivity index (χ4v) is 4.62. The maximum Gasteiger partial charge on any atom is 0.243 e. The van der Waals surface area contributed by atoms with E-state index in [1.807, 2.05) is 0 Å². The zero-order valence-electron chi connectivity index (χ0n) is 14.6. The second kappa shape index (κ2) is 7.46. The molecule has 2 aliphatic heterocycles. The number of fused-ring (bicyclic) bond motifs is 1. The Kier molecular flexibility index (Phi) is 5.03. The van der Waals surface area contributed by atoms with Gasteiger partial charge in [-0.2, -0.15) is 4.31 Å². The SMILES string of the molecule is O=S(=O)(c1ccc2c(c1)OCCCO2)N1CCO[C@@H](c2ccc(F)cc2)C1. The third kappa shape index (κ3) is 3.78. The van der Waals surface area contributed by atoms with Gasteiger partial charge in [-0.25, -0.2) is 12.8 Å². The summed E-state index contributed by atoms with van der Waals surface area (Å²) < 4.78 is 57.6. The predicted octanol–water partition coefficient (Wildman–Crippen LogP) is 2.75. The van der Waals surface area contributed by atoms with Crippen LogP contribution < -0.4 is 9.47 Å². The maximum atomic E-state index is 13.1. The minimum Gasteiger partial charge on any atom is -0.490 e. The highest BCUT2D eigenvalue weighted by Gasteiger charge is 2.32. The Hall–Kier alpha value is -2.16. The van der Waals surface area contributed by atoms with Gasteiger partial charge in [-0.05, 0) is 29.8 Å². The topological polar surface area (TPSA) is 65.1 Å². The number of rotatable bonds is 3. The van der Waals surface area contributed by atoms with E-state index in [4.69, 9.17) is 14.2 Å². The molecule has 27 heavy (non-hydrogen) atoms. The van der Waals surface area contributed by atoms with Crippen LogP contribution in [0.2, 0.25) is 0 Å². The Bertz CT molecular complexity index is 916. The molecule has 0 aromatic heterocycles. The summed E-state index contributed by atoms with van der Waals surface area (Å²) in [5.41, 5.74) is 0.745. The Morgan fingerprint density at radius 1 is 0.963 bits per heavy atom. The van der Waals surface area contributed by atoms with Gasteiger partial charge in [0.05, 0.1) is 30.8 Å². The number of nitrogens with zero attached hydrogens (tertiary/aromatic N) is 1. The number of sulfonamides is 1. The van der Waals surface area contributed by atoms with Gasteiger partial charge in [0, 0.05) is 25.6 Å². The molecule has 0 saturated carbocycles.